The highest BCUT2D eigenvalue weighted by molar-refractivity contribution is 5.75. The molecule has 1 heterocycles. The monoisotopic (exact) mass is 382 g/mol. The van der Waals surface area contributed by atoms with E-state index < -0.39 is 0 Å². The minimum atomic E-state index is -0.239. The second-order valence-corrected chi connectivity index (χ2v) is 7.29. The van der Waals surface area contributed by atoms with E-state index in [0.717, 1.165) is 41.9 Å². The number of esters is 1. The van der Waals surface area contributed by atoms with Crippen LogP contribution in [0.4, 0.5) is 11.4 Å². The minimum Gasteiger partial charge on any atom is -0.469 e. The molecule has 1 aliphatic heterocycles. The Kier molecular flexibility index (Phi) is 6.21. The second-order valence-electron chi connectivity index (χ2n) is 7.29. The molecule has 6 heteroatoms. The number of anilines is 2. The minimum absolute atomic E-state index is 0.121. The van der Waals surface area contributed by atoms with Crippen LogP contribution in [0.25, 0.3) is 0 Å². The summed E-state index contributed by atoms with van der Waals surface area (Å²) in [5.74, 6) is 5.69. The summed E-state index contributed by atoms with van der Waals surface area (Å²) in [4.78, 5) is 12.2. The maximum atomic E-state index is 12.2. The molecule has 0 saturated heterocycles. The van der Waals surface area contributed by atoms with Gasteiger partial charge in [-0.15, -0.1) is 0 Å². The lowest BCUT2D eigenvalue weighted by Gasteiger charge is -2.26. The number of rotatable bonds is 6. The Labute approximate surface area is 166 Å². The summed E-state index contributed by atoms with van der Waals surface area (Å²) in [5, 5.41) is 5.05. The molecule has 0 radical (unpaired) electrons. The van der Waals surface area contributed by atoms with E-state index in [2.05, 4.69) is 23.5 Å². The summed E-state index contributed by atoms with van der Waals surface area (Å²) in [6.45, 7) is 6.48. The van der Waals surface area contributed by atoms with Crippen molar-refractivity contribution < 1.29 is 9.53 Å². The molecule has 0 amide bonds. The molecule has 150 valence electrons. The van der Waals surface area contributed by atoms with Crippen LogP contribution in [0.15, 0.2) is 30.3 Å². The molecule has 0 aromatic heterocycles. The van der Waals surface area contributed by atoms with Gasteiger partial charge in [-0.3, -0.25) is 4.79 Å². The van der Waals surface area contributed by atoms with Crippen molar-refractivity contribution in [3.63, 3.8) is 0 Å². The Balaban J connectivity index is 2.06. The van der Waals surface area contributed by atoms with Crippen LogP contribution < -0.4 is 21.9 Å². The Morgan fingerprint density at radius 3 is 2.79 bits per heavy atom. The number of nitrogen functional groups attached to an aromatic ring is 1. The van der Waals surface area contributed by atoms with Crippen LogP contribution in [-0.2, 0) is 22.5 Å². The van der Waals surface area contributed by atoms with Crippen LogP contribution in [0.3, 0.4) is 0 Å². The lowest BCUT2D eigenvalue weighted by Crippen LogP contribution is -2.31. The first kappa shape index (κ1) is 20.2. The highest BCUT2D eigenvalue weighted by Crippen LogP contribution is 2.37. The molecule has 0 fully saturated rings. The average molecular weight is 383 g/mol. The van der Waals surface area contributed by atoms with Gasteiger partial charge in [-0.1, -0.05) is 24.3 Å². The predicted octanol–water partition coefficient (Wildman–Crippen LogP) is 2.62. The van der Waals surface area contributed by atoms with Crippen molar-refractivity contribution in [1.82, 2.24) is 5.32 Å². The zero-order valence-corrected chi connectivity index (χ0v) is 16.9. The van der Waals surface area contributed by atoms with Gasteiger partial charge >= 0.3 is 5.97 Å². The Morgan fingerprint density at radius 2 is 2.07 bits per heavy atom. The molecule has 1 atom stereocenters. The van der Waals surface area contributed by atoms with E-state index in [4.69, 9.17) is 16.3 Å². The first-order chi connectivity index (χ1) is 13.5. The topological polar surface area (TPSA) is 93.6 Å². The zero-order chi connectivity index (χ0) is 20.3. The molecule has 2 aromatic carbocycles. The number of nitrogens with two attached hydrogens (primary N) is 2. The van der Waals surface area contributed by atoms with Crippen molar-refractivity contribution in [1.29, 1.82) is 0 Å². The van der Waals surface area contributed by atoms with Gasteiger partial charge in [0.1, 0.15) is 0 Å². The number of fused-ring (bicyclic) bond motifs is 1. The second kappa shape index (κ2) is 8.63. The number of carbonyl (C=O) groups excluding carboxylic acids is 1. The highest BCUT2D eigenvalue weighted by Gasteiger charge is 2.24. The van der Waals surface area contributed by atoms with Gasteiger partial charge in [0.05, 0.1) is 24.9 Å². The third-order valence-corrected chi connectivity index (χ3v) is 5.68. The van der Waals surface area contributed by atoms with E-state index in [9.17, 15) is 4.79 Å². The van der Waals surface area contributed by atoms with Gasteiger partial charge in [0, 0.05) is 19.0 Å². The average Bonchev–Trinajstić information content (AvgIpc) is 2.73. The van der Waals surface area contributed by atoms with E-state index in [1.54, 1.807) is 5.01 Å². The molecule has 0 aliphatic carbocycles. The van der Waals surface area contributed by atoms with E-state index >= 15 is 0 Å². The van der Waals surface area contributed by atoms with Crippen LogP contribution in [-0.4, -0.2) is 26.2 Å². The fourth-order valence-corrected chi connectivity index (χ4v) is 3.90. The van der Waals surface area contributed by atoms with Crippen molar-refractivity contribution >= 4 is 17.3 Å². The summed E-state index contributed by atoms with van der Waals surface area (Å²) in [6, 6.07) is 10.5. The highest BCUT2D eigenvalue weighted by atomic mass is 16.5. The van der Waals surface area contributed by atoms with Crippen molar-refractivity contribution in [3.8, 4) is 0 Å². The maximum Gasteiger partial charge on any atom is 0.306 e. The van der Waals surface area contributed by atoms with Crippen LogP contribution in [0.5, 0.6) is 0 Å². The smallest absolute Gasteiger partial charge is 0.306 e. The Hall–Kier alpha value is -2.57. The zero-order valence-electron chi connectivity index (χ0n) is 16.9. The number of hydrazine groups is 1. The quantitative estimate of drug-likeness (QED) is 0.308. The van der Waals surface area contributed by atoms with Crippen LogP contribution in [0.2, 0.25) is 0 Å². The molecule has 1 unspecified atom stereocenters. The molecule has 6 nitrogen and oxygen atoms in total. The fraction of sp³-hybridized carbons (Fsp3) is 0.409. The molecular formula is C22H30N4O2. The molecule has 1 aliphatic rings. The number of methoxy groups -OCH3 is 1. The standard InChI is InChI=1S/C22H30N4O2/c1-4-26(24)20-8-7-18(14(2)22(20)23)19(12-21(27)28-3)16-6-5-15-9-10-25-13-17(15)11-16/h5-8,11,19,25H,4,9-10,12-13,23-24H2,1-3H3. The van der Waals surface area contributed by atoms with Crippen molar-refractivity contribution in [2.24, 2.45) is 5.84 Å². The van der Waals surface area contributed by atoms with Crippen molar-refractivity contribution in [2.45, 2.75) is 39.2 Å². The molecule has 0 spiro atoms. The normalized spacial score (nSPS) is 14.3. The number of hydrogen-bond donors (Lipinski definition) is 3. The van der Waals surface area contributed by atoms with Crippen LogP contribution in [0.1, 0.15) is 47.1 Å². The van der Waals surface area contributed by atoms with Gasteiger partial charge in [-0.05, 0) is 60.7 Å². The molecule has 2 aromatic rings. The molecule has 3 rings (SSSR count). The molecule has 0 saturated carbocycles. The lowest BCUT2D eigenvalue weighted by molar-refractivity contribution is -0.140. The molecule has 5 N–H and O–H groups in total. The number of nitrogens with zero attached hydrogens (tertiary/aromatic N) is 1. The number of nitrogens with one attached hydrogen (secondary N) is 1. The summed E-state index contributed by atoms with van der Waals surface area (Å²) in [5.41, 5.74) is 13.6. The third kappa shape index (κ3) is 3.98. The summed E-state index contributed by atoms with van der Waals surface area (Å²) >= 11 is 0. The van der Waals surface area contributed by atoms with Gasteiger partial charge in [-0.25, -0.2) is 5.84 Å². The van der Waals surface area contributed by atoms with Crippen molar-refractivity contribution in [2.75, 3.05) is 30.9 Å². The van der Waals surface area contributed by atoms with E-state index in [1.807, 2.05) is 26.0 Å². The van der Waals surface area contributed by atoms with E-state index in [0.29, 0.717) is 12.2 Å². The summed E-state index contributed by atoms with van der Waals surface area (Å²) in [6.07, 6.45) is 1.30. The Morgan fingerprint density at radius 1 is 1.29 bits per heavy atom. The molecule has 0 bridgehead atoms. The maximum absolute atomic E-state index is 12.2. The van der Waals surface area contributed by atoms with Gasteiger partial charge in [-0.2, -0.15) is 0 Å². The van der Waals surface area contributed by atoms with Gasteiger partial charge in [0.2, 0.25) is 0 Å². The van der Waals surface area contributed by atoms with E-state index in [-0.39, 0.29) is 18.3 Å². The van der Waals surface area contributed by atoms with Crippen LogP contribution in [0, 0.1) is 6.92 Å². The summed E-state index contributed by atoms with van der Waals surface area (Å²) in [7, 11) is 1.42. The predicted molar refractivity (Wildman–Crippen MR) is 113 cm³/mol. The first-order valence-corrected chi connectivity index (χ1v) is 9.76. The third-order valence-electron chi connectivity index (χ3n) is 5.68. The van der Waals surface area contributed by atoms with E-state index in [1.165, 1.54) is 18.2 Å². The lowest BCUT2D eigenvalue weighted by atomic mass is 9.83. The summed E-state index contributed by atoms with van der Waals surface area (Å²) < 4.78 is 4.98. The molecule has 28 heavy (non-hydrogen) atoms. The van der Waals surface area contributed by atoms with Gasteiger partial charge < -0.3 is 20.8 Å². The molecular weight excluding hydrogens is 352 g/mol. The van der Waals surface area contributed by atoms with Gasteiger partial charge in [0.25, 0.3) is 0 Å². The fourth-order valence-electron chi connectivity index (χ4n) is 3.90. The van der Waals surface area contributed by atoms with Gasteiger partial charge in [0.15, 0.2) is 0 Å². The first-order valence-electron chi connectivity index (χ1n) is 9.76. The number of ether oxygens (including phenoxy) is 1. The van der Waals surface area contributed by atoms with Crippen molar-refractivity contribution in [3.05, 3.63) is 58.1 Å². The SMILES string of the molecule is CCN(N)c1ccc(C(CC(=O)OC)c2ccc3c(c2)CNCC3)c(C)c1N. The Bertz CT molecular complexity index is 866. The number of hydrogen-bond acceptors (Lipinski definition) is 6. The number of carbonyl (C=O) groups is 1. The largest absolute Gasteiger partial charge is 0.469 e. The number of benzene rings is 2. The van der Waals surface area contributed by atoms with Crippen LogP contribution >= 0.6 is 0 Å².